The molecule has 0 aliphatic carbocycles. The highest BCUT2D eigenvalue weighted by molar-refractivity contribution is 7.13. The number of nitrogens with zero attached hydrogens (tertiary/aromatic N) is 2. The second-order valence-electron chi connectivity index (χ2n) is 5.98. The molecule has 0 atom stereocenters. The lowest BCUT2D eigenvalue weighted by Crippen LogP contribution is -2.25. The maximum Gasteiger partial charge on any atom is 0.263 e. The SMILES string of the molecule is Cc1nc(CCc2ccccn2)sc1C(=O)NCCc1ccc(Cl)cc1. The molecule has 0 bridgehead atoms. The van der Waals surface area contributed by atoms with Crippen molar-refractivity contribution in [3.05, 3.63) is 80.5 Å². The molecule has 0 fully saturated rings. The molecule has 0 unspecified atom stereocenters. The van der Waals surface area contributed by atoms with Gasteiger partial charge in [0.2, 0.25) is 0 Å². The summed E-state index contributed by atoms with van der Waals surface area (Å²) in [5.74, 6) is -0.0574. The summed E-state index contributed by atoms with van der Waals surface area (Å²) in [5.41, 5.74) is 2.97. The van der Waals surface area contributed by atoms with Crippen LogP contribution in [0.1, 0.15) is 31.6 Å². The minimum Gasteiger partial charge on any atom is -0.351 e. The summed E-state index contributed by atoms with van der Waals surface area (Å²) < 4.78 is 0. The van der Waals surface area contributed by atoms with Crippen LogP contribution in [0.3, 0.4) is 0 Å². The lowest BCUT2D eigenvalue weighted by molar-refractivity contribution is 0.0957. The fraction of sp³-hybridized carbons (Fsp3) is 0.250. The van der Waals surface area contributed by atoms with Crippen LogP contribution in [0.4, 0.5) is 0 Å². The van der Waals surface area contributed by atoms with Gasteiger partial charge < -0.3 is 5.32 Å². The average molecular weight is 386 g/mol. The summed E-state index contributed by atoms with van der Waals surface area (Å²) in [7, 11) is 0. The Morgan fingerprint density at radius 2 is 1.92 bits per heavy atom. The third kappa shape index (κ3) is 5.13. The number of thiazole rings is 1. The minimum atomic E-state index is -0.0574. The van der Waals surface area contributed by atoms with E-state index in [1.165, 1.54) is 11.3 Å². The van der Waals surface area contributed by atoms with Crippen LogP contribution in [0.15, 0.2) is 48.7 Å². The molecule has 0 saturated heterocycles. The molecule has 26 heavy (non-hydrogen) atoms. The number of halogens is 1. The number of amides is 1. The van der Waals surface area contributed by atoms with Gasteiger partial charge in [0, 0.05) is 29.9 Å². The molecule has 0 aliphatic rings. The Labute approximate surface area is 162 Å². The van der Waals surface area contributed by atoms with Gasteiger partial charge in [0.15, 0.2) is 0 Å². The molecule has 0 aliphatic heterocycles. The topological polar surface area (TPSA) is 54.9 Å². The van der Waals surface area contributed by atoms with Crippen molar-refractivity contribution in [3.8, 4) is 0 Å². The van der Waals surface area contributed by atoms with E-state index in [4.69, 9.17) is 11.6 Å². The Hall–Kier alpha value is -2.24. The number of carbonyl (C=O) groups excluding carboxylic acids is 1. The molecule has 0 spiro atoms. The summed E-state index contributed by atoms with van der Waals surface area (Å²) in [6, 6.07) is 13.6. The number of carbonyl (C=O) groups is 1. The Balaban J connectivity index is 1.52. The van der Waals surface area contributed by atoms with Crippen molar-refractivity contribution in [2.45, 2.75) is 26.2 Å². The molecule has 134 valence electrons. The maximum absolute atomic E-state index is 12.4. The molecule has 2 heterocycles. The number of pyridine rings is 1. The summed E-state index contributed by atoms with van der Waals surface area (Å²) in [6.07, 6.45) is 4.18. The summed E-state index contributed by atoms with van der Waals surface area (Å²) in [6.45, 7) is 2.47. The summed E-state index contributed by atoms with van der Waals surface area (Å²) >= 11 is 7.35. The van der Waals surface area contributed by atoms with E-state index in [9.17, 15) is 4.79 Å². The average Bonchev–Trinajstić information content (AvgIpc) is 3.03. The van der Waals surface area contributed by atoms with Crippen molar-refractivity contribution in [2.24, 2.45) is 0 Å². The first-order chi connectivity index (χ1) is 12.6. The van der Waals surface area contributed by atoms with Crippen molar-refractivity contribution >= 4 is 28.8 Å². The number of rotatable bonds is 7. The van der Waals surface area contributed by atoms with Gasteiger partial charge in [-0.25, -0.2) is 4.98 Å². The van der Waals surface area contributed by atoms with Crippen molar-refractivity contribution in [3.63, 3.8) is 0 Å². The Morgan fingerprint density at radius 3 is 2.65 bits per heavy atom. The number of hydrogen-bond acceptors (Lipinski definition) is 4. The zero-order chi connectivity index (χ0) is 18.4. The first-order valence-corrected chi connectivity index (χ1v) is 9.70. The van der Waals surface area contributed by atoms with E-state index in [2.05, 4.69) is 15.3 Å². The second-order valence-corrected chi connectivity index (χ2v) is 7.50. The van der Waals surface area contributed by atoms with Crippen LogP contribution in [0.2, 0.25) is 5.02 Å². The molecule has 1 N–H and O–H groups in total. The second kappa shape index (κ2) is 8.92. The number of aryl methyl sites for hydroxylation is 3. The number of nitrogens with one attached hydrogen (secondary N) is 1. The molecule has 3 rings (SSSR count). The number of hydrogen-bond donors (Lipinski definition) is 1. The zero-order valence-electron chi connectivity index (χ0n) is 14.5. The molecule has 1 amide bonds. The van der Waals surface area contributed by atoms with E-state index < -0.39 is 0 Å². The molecule has 0 saturated carbocycles. The van der Waals surface area contributed by atoms with Crippen LogP contribution in [0, 0.1) is 6.92 Å². The first kappa shape index (κ1) is 18.5. The Morgan fingerprint density at radius 1 is 1.12 bits per heavy atom. The molecule has 4 nitrogen and oxygen atoms in total. The molecular formula is C20H20ClN3OS. The monoisotopic (exact) mass is 385 g/mol. The van der Waals surface area contributed by atoms with Gasteiger partial charge in [-0.05, 0) is 49.6 Å². The normalized spacial score (nSPS) is 10.7. The summed E-state index contributed by atoms with van der Waals surface area (Å²) in [5, 5.41) is 4.66. The van der Waals surface area contributed by atoms with Crippen LogP contribution in [0.25, 0.3) is 0 Å². The fourth-order valence-electron chi connectivity index (χ4n) is 2.60. The maximum atomic E-state index is 12.4. The predicted octanol–water partition coefficient (Wildman–Crippen LogP) is 4.26. The van der Waals surface area contributed by atoms with Gasteiger partial charge in [-0.3, -0.25) is 9.78 Å². The largest absolute Gasteiger partial charge is 0.351 e. The van der Waals surface area contributed by atoms with E-state index in [1.54, 1.807) is 6.20 Å². The van der Waals surface area contributed by atoms with Gasteiger partial charge in [0.25, 0.3) is 5.91 Å². The standard InChI is InChI=1S/C20H20ClN3OS/c1-14-19(20(25)23-13-11-15-5-7-16(21)8-6-15)26-18(24-14)10-9-17-4-2-3-12-22-17/h2-8,12H,9-11,13H2,1H3,(H,23,25). The molecule has 2 aromatic heterocycles. The van der Waals surface area contributed by atoms with Crippen molar-refractivity contribution in [1.82, 2.24) is 15.3 Å². The Kier molecular flexibility index (Phi) is 6.36. The van der Waals surface area contributed by atoms with Crippen LogP contribution in [-0.4, -0.2) is 22.4 Å². The van der Waals surface area contributed by atoms with Crippen LogP contribution in [-0.2, 0) is 19.3 Å². The molecular weight excluding hydrogens is 366 g/mol. The lowest BCUT2D eigenvalue weighted by atomic mass is 10.1. The third-order valence-corrected chi connectivity index (χ3v) is 5.45. The lowest BCUT2D eigenvalue weighted by Gasteiger charge is -2.04. The van der Waals surface area contributed by atoms with Gasteiger partial charge >= 0.3 is 0 Å². The molecule has 0 radical (unpaired) electrons. The smallest absolute Gasteiger partial charge is 0.263 e. The third-order valence-electron chi connectivity index (χ3n) is 3.98. The molecule has 6 heteroatoms. The van der Waals surface area contributed by atoms with Gasteiger partial charge in [-0.15, -0.1) is 11.3 Å². The van der Waals surface area contributed by atoms with E-state index >= 15 is 0 Å². The quantitative estimate of drug-likeness (QED) is 0.661. The Bertz CT molecular complexity index is 863. The highest BCUT2D eigenvalue weighted by atomic mass is 35.5. The van der Waals surface area contributed by atoms with Crippen LogP contribution in [0.5, 0.6) is 0 Å². The minimum absolute atomic E-state index is 0.0574. The van der Waals surface area contributed by atoms with E-state index in [1.807, 2.05) is 49.4 Å². The van der Waals surface area contributed by atoms with Gasteiger partial charge in [-0.1, -0.05) is 29.8 Å². The van der Waals surface area contributed by atoms with Crippen LogP contribution >= 0.6 is 22.9 Å². The van der Waals surface area contributed by atoms with Crippen molar-refractivity contribution < 1.29 is 4.79 Å². The van der Waals surface area contributed by atoms with Gasteiger partial charge in [0.05, 0.1) is 10.7 Å². The molecule has 1 aromatic carbocycles. The highest BCUT2D eigenvalue weighted by Crippen LogP contribution is 2.19. The van der Waals surface area contributed by atoms with E-state index in [0.717, 1.165) is 46.2 Å². The van der Waals surface area contributed by atoms with Crippen molar-refractivity contribution in [2.75, 3.05) is 6.54 Å². The van der Waals surface area contributed by atoms with E-state index in [0.29, 0.717) is 11.4 Å². The number of aromatic nitrogens is 2. The predicted molar refractivity (Wildman–Crippen MR) is 106 cm³/mol. The van der Waals surface area contributed by atoms with Gasteiger partial charge in [0.1, 0.15) is 4.88 Å². The fourth-order valence-corrected chi connectivity index (χ4v) is 3.71. The highest BCUT2D eigenvalue weighted by Gasteiger charge is 2.15. The molecule has 3 aromatic rings. The first-order valence-electron chi connectivity index (χ1n) is 8.50. The van der Waals surface area contributed by atoms with E-state index in [-0.39, 0.29) is 5.91 Å². The summed E-state index contributed by atoms with van der Waals surface area (Å²) in [4.78, 5) is 22.0. The van der Waals surface area contributed by atoms with Crippen molar-refractivity contribution in [1.29, 1.82) is 0 Å². The van der Waals surface area contributed by atoms with Crippen LogP contribution < -0.4 is 5.32 Å². The zero-order valence-corrected chi connectivity index (χ0v) is 16.1. The van der Waals surface area contributed by atoms with Gasteiger partial charge in [-0.2, -0.15) is 0 Å². The number of benzene rings is 1.